The van der Waals surface area contributed by atoms with E-state index >= 15 is 0 Å². The summed E-state index contributed by atoms with van der Waals surface area (Å²) in [5.41, 5.74) is 0.842. The van der Waals surface area contributed by atoms with Gasteiger partial charge in [0.2, 0.25) is 5.76 Å². The molecule has 2 aromatic heterocycles. The second-order valence-corrected chi connectivity index (χ2v) is 5.88. The Bertz CT molecular complexity index is 913. The van der Waals surface area contributed by atoms with Crippen molar-refractivity contribution in [3.05, 3.63) is 42.2 Å². The van der Waals surface area contributed by atoms with Gasteiger partial charge >= 0.3 is 12.0 Å². The van der Waals surface area contributed by atoms with Crippen molar-refractivity contribution in [1.29, 1.82) is 0 Å². The molecule has 3 rings (SSSR count). The van der Waals surface area contributed by atoms with E-state index < -0.39 is 24.5 Å². The molecule has 8 nitrogen and oxygen atoms in total. The molecule has 0 saturated heterocycles. The lowest BCUT2D eigenvalue weighted by Gasteiger charge is -2.03. The van der Waals surface area contributed by atoms with Crippen molar-refractivity contribution in [3.8, 4) is 10.8 Å². The number of aromatic nitrogens is 1. The van der Waals surface area contributed by atoms with Crippen molar-refractivity contribution < 1.29 is 23.5 Å². The Kier molecular flexibility index (Phi) is 4.75. The van der Waals surface area contributed by atoms with Crippen molar-refractivity contribution >= 4 is 39.5 Å². The van der Waals surface area contributed by atoms with Gasteiger partial charge in [0.05, 0.1) is 10.2 Å². The van der Waals surface area contributed by atoms with Crippen LogP contribution in [0.15, 0.2) is 40.8 Å². The SMILES string of the molecule is CNC(=O)NC(=O)COC(=O)c1ccc(-c2nc3ccccc3s2)o1. The minimum Gasteiger partial charge on any atom is -0.450 e. The molecule has 25 heavy (non-hydrogen) atoms. The zero-order valence-electron chi connectivity index (χ0n) is 13.1. The third kappa shape index (κ3) is 3.83. The Balaban J connectivity index is 1.65. The van der Waals surface area contributed by atoms with E-state index in [1.165, 1.54) is 24.5 Å². The normalized spacial score (nSPS) is 10.4. The highest BCUT2D eigenvalue weighted by Crippen LogP contribution is 2.31. The molecule has 0 unspecified atom stereocenters. The van der Waals surface area contributed by atoms with Crippen LogP contribution in [0.25, 0.3) is 21.0 Å². The van der Waals surface area contributed by atoms with Gasteiger partial charge in [-0.3, -0.25) is 10.1 Å². The summed E-state index contributed by atoms with van der Waals surface area (Å²) >= 11 is 1.44. The van der Waals surface area contributed by atoms with Crippen LogP contribution in [0, 0.1) is 0 Å². The summed E-state index contributed by atoms with van der Waals surface area (Å²) in [6.45, 7) is -0.594. The summed E-state index contributed by atoms with van der Waals surface area (Å²) in [5, 5.41) is 4.83. The smallest absolute Gasteiger partial charge is 0.374 e. The van der Waals surface area contributed by atoms with Crippen LogP contribution in [-0.2, 0) is 9.53 Å². The van der Waals surface area contributed by atoms with Crippen molar-refractivity contribution in [1.82, 2.24) is 15.6 Å². The Morgan fingerprint density at radius 3 is 2.76 bits per heavy atom. The summed E-state index contributed by atoms with van der Waals surface area (Å²) in [6, 6.07) is 10.0. The minimum atomic E-state index is -0.806. The fourth-order valence-electron chi connectivity index (χ4n) is 1.97. The number of hydrogen-bond acceptors (Lipinski definition) is 7. The Morgan fingerprint density at radius 1 is 1.20 bits per heavy atom. The number of furan rings is 1. The van der Waals surface area contributed by atoms with Gasteiger partial charge in [0.1, 0.15) is 0 Å². The van der Waals surface area contributed by atoms with E-state index in [9.17, 15) is 14.4 Å². The van der Waals surface area contributed by atoms with Gasteiger partial charge in [-0.2, -0.15) is 0 Å². The molecule has 0 aliphatic rings. The van der Waals surface area contributed by atoms with Gasteiger partial charge < -0.3 is 14.5 Å². The van der Waals surface area contributed by atoms with Gasteiger partial charge in [0, 0.05) is 7.05 Å². The second-order valence-electron chi connectivity index (χ2n) is 4.85. The molecule has 0 spiro atoms. The standard InChI is InChI=1S/C16H13N3O5S/c1-17-16(22)19-13(20)8-23-15(21)11-7-6-10(24-11)14-18-9-4-2-3-5-12(9)25-14/h2-7H,8H2,1H3,(H2,17,19,20,22). The summed E-state index contributed by atoms with van der Waals surface area (Å²) in [6.07, 6.45) is 0. The summed E-state index contributed by atoms with van der Waals surface area (Å²) in [7, 11) is 1.36. The molecule has 9 heteroatoms. The van der Waals surface area contributed by atoms with Gasteiger partial charge in [-0.25, -0.2) is 14.6 Å². The highest BCUT2D eigenvalue weighted by molar-refractivity contribution is 7.21. The number of amides is 3. The van der Waals surface area contributed by atoms with Gasteiger partial charge in [-0.1, -0.05) is 12.1 Å². The van der Waals surface area contributed by atoms with E-state index in [0.717, 1.165) is 10.2 Å². The molecule has 1 aromatic carbocycles. The number of nitrogens with one attached hydrogen (secondary N) is 2. The molecule has 0 atom stereocenters. The maximum Gasteiger partial charge on any atom is 0.374 e. The molecule has 2 heterocycles. The average molecular weight is 359 g/mol. The maximum atomic E-state index is 11.9. The summed E-state index contributed by atoms with van der Waals surface area (Å²) in [4.78, 5) is 38.7. The first-order chi connectivity index (χ1) is 12.1. The minimum absolute atomic E-state index is 0.0537. The van der Waals surface area contributed by atoms with Crippen LogP contribution in [0.2, 0.25) is 0 Å². The number of ether oxygens (including phenoxy) is 1. The number of fused-ring (bicyclic) bond motifs is 1. The average Bonchev–Trinajstić information content (AvgIpc) is 3.25. The number of benzene rings is 1. The number of esters is 1. The molecule has 0 radical (unpaired) electrons. The quantitative estimate of drug-likeness (QED) is 0.691. The molecule has 0 fully saturated rings. The molecule has 3 aromatic rings. The van der Waals surface area contributed by atoms with E-state index in [4.69, 9.17) is 9.15 Å². The van der Waals surface area contributed by atoms with Crippen LogP contribution >= 0.6 is 11.3 Å². The van der Waals surface area contributed by atoms with E-state index in [2.05, 4.69) is 10.3 Å². The van der Waals surface area contributed by atoms with Gasteiger partial charge in [0.15, 0.2) is 17.4 Å². The lowest BCUT2D eigenvalue weighted by atomic mass is 10.3. The number of carbonyl (C=O) groups is 3. The topological polar surface area (TPSA) is 111 Å². The largest absolute Gasteiger partial charge is 0.450 e. The fraction of sp³-hybridized carbons (Fsp3) is 0.125. The molecule has 0 aliphatic heterocycles. The van der Waals surface area contributed by atoms with E-state index in [-0.39, 0.29) is 5.76 Å². The predicted molar refractivity (Wildman–Crippen MR) is 90.2 cm³/mol. The first kappa shape index (κ1) is 16.7. The third-order valence-electron chi connectivity index (χ3n) is 3.13. The van der Waals surface area contributed by atoms with Crippen LogP contribution < -0.4 is 10.6 Å². The van der Waals surface area contributed by atoms with Gasteiger partial charge in [-0.05, 0) is 24.3 Å². The number of carbonyl (C=O) groups excluding carboxylic acids is 3. The van der Waals surface area contributed by atoms with Crippen LogP contribution in [0.3, 0.4) is 0 Å². The molecular weight excluding hydrogens is 346 g/mol. The predicted octanol–water partition coefficient (Wildman–Crippen LogP) is 2.17. The maximum absolute atomic E-state index is 11.9. The monoisotopic (exact) mass is 359 g/mol. The molecular formula is C16H13N3O5S. The van der Waals surface area contributed by atoms with Gasteiger partial charge in [-0.15, -0.1) is 11.3 Å². The van der Waals surface area contributed by atoms with Crippen molar-refractivity contribution in [2.75, 3.05) is 13.7 Å². The summed E-state index contributed by atoms with van der Waals surface area (Å²) in [5.74, 6) is -1.17. The van der Waals surface area contributed by atoms with Crippen LogP contribution in [0.5, 0.6) is 0 Å². The molecule has 0 saturated carbocycles. The zero-order valence-corrected chi connectivity index (χ0v) is 13.9. The van der Waals surface area contributed by atoms with E-state index in [1.807, 2.05) is 29.6 Å². The first-order valence-corrected chi connectivity index (χ1v) is 8.03. The number of hydrogen-bond donors (Lipinski definition) is 2. The highest BCUT2D eigenvalue weighted by Gasteiger charge is 2.17. The Morgan fingerprint density at radius 2 is 2.00 bits per heavy atom. The number of imide groups is 1. The second kappa shape index (κ2) is 7.14. The molecule has 3 amide bonds. The number of rotatable bonds is 4. The Labute approximate surface area is 145 Å². The number of thiazole rings is 1. The lowest BCUT2D eigenvalue weighted by Crippen LogP contribution is -2.39. The van der Waals surface area contributed by atoms with Crippen LogP contribution in [0.4, 0.5) is 4.79 Å². The molecule has 0 bridgehead atoms. The van der Waals surface area contributed by atoms with E-state index in [0.29, 0.717) is 10.8 Å². The third-order valence-corrected chi connectivity index (χ3v) is 4.18. The van der Waals surface area contributed by atoms with Gasteiger partial charge in [0.25, 0.3) is 5.91 Å². The molecule has 2 N–H and O–H groups in total. The first-order valence-electron chi connectivity index (χ1n) is 7.21. The molecule has 128 valence electrons. The summed E-state index contributed by atoms with van der Waals surface area (Å²) < 4.78 is 11.3. The van der Waals surface area contributed by atoms with Crippen molar-refractivity contribution in [3.63, 3.8) is 0 Å². The Hall–Kier alpha value is -3.20. The van der Waals surface area contributed by atoms with E-state index in [1.54, 1.807) is 6.07 Å². The zero-order chi connectivity index (χ0) is 17.8. The van der Waals surface area contributed by atoms with Crippen LogP contribution in [0.1, 0.15) is 10.6 Å². The van der Waals surface area contributed by atoms with Crippen molar-refractivity contribution in [2.45, 2.75) is 0 Å². The van der Waals surface area contributed by atoms with Crippen LogP contribution in [-0.4, -0.2) is 36.5 Å². The number of nitrogens with zero attached hydrogens (tertiary/aromatic N) is 1. The molecule has 0 aliphatic carbocycles. The number of urea groups is 1. The number of para-hydroxylation sites is 1. The lowest BCUT2D eigenvalue weighted by molar-refractivity contribution is -0.123. The highest BCUT2D eigenvalue weighted by atomic mass is 32.1. The van der Waals surface area contributed by atoms with Crippen molar-refractivity contribution in [2.24, 2.45) is 0 Å². The fourth-order valence-corrected chi connectivity index (χ4v) is 2.90.